The third kappa shape index (κ3) is 25.9. The zero-order chi connectivity index (χ0) is 25.1. The van der Waals surface area contributed by atoms with Crippen molar-refractivity contribution >= 4 is 11.6 Å². The lowest BCUT2D eigenvalue weighted by atomic mass is 10.0. The molecule has 0 radical (unpaired) electrons. The fraction of sp³-hybridized carbons (Fsp3) is 0.935. The molecular weight excluding hydrogens is 420 g/mol. The van der Waals surface area contributed by atoms with Crippen LogP contribution >= 0.6 is 0 Å². The van der Waals surface area contributed by atoms with Crippen LogP contribution in [0.4, 0.5) is 0 Å². The van der Waals surface area contributed by atoms with Gasteiger partial charge >= 0.3 is 0 Å². The van der Waals surface area contributed by atoms with E-state index in [4.69, 9.17) is 0 Å². The van der Waals surface area contributed by atoms with Gasteiger partial charge in [0.05, 0.1) is 12.5 Å². The van der Waals surface area contributed by atoms with Gasteiger partial charge in [-0.3, -0.25) is 9.59 Å². The molecule has 0 aromatic heterocycles. The largest absolute Gasteiger partial charge is 0.393 e. The van der Waals surface area contributed by atoms with E-state index in [1.165, 1.54) is 83.5 Å². The first kappa shape index (κ1) is 33.3. The van der Waals surface area contributed by atoms with Crippen LogP contribution < -0.4 is 0 Å². The van der Waals surface area contributed by atoms with E-state index in [1.807, 2.05) is 0 Å². The molecule has 0 saturated heterocycles. The van der Waals surface area contributed by atoms with E-state index in [0.29, 0.717) is 12.8 Å². The topological polar surface area (TPSA) is 54.4 Å². The second-order valence-electron chi connectivity index (χ2n) is 10.7. The van der Waals surface area contributed by atoms with Crippen molar-refractivity contribution in [3.63, 3.8) is 0 Å². The minimum atomic E-state index is -0.131. The predicted octanol–water partition coefficient (Wildman–Crippen LogP) is 9.67. The summed E-state index contributed by atoms with van der Waals surface area (Å²) in [5.41, 5.74) is 0. The van der Waals surface area contributed by atoms with E-state index in [9.17, 15) is 14.7 Å². The van der Waals surface area contributed by atoms with E-state index in [2.05, 4.69) is 13.8 Å². The number of Topliss-reactive ketones (excluding diaryl/α,β-unsaturated/α-hetero) is 2. The van der Waals surface area contributed by atoms with E-state index < -0.39 is 0 Å². The number of carbonyl (C=O) groups excluding carboxylic acids is 2. The van der Waals surface area contributed by atoms with Crippen LogP contribution in [-0.2, 0) is 9.59 Å². The Labute approximate surface area is 213 Å². The molecule has 0 amide bonds. The van der Waals surface area contributed by atoms with Gasteiger partial charge in [-0.15, -0.1) is 0 Å². The Bertz CT molecular complexity index is 446. The number of hydrogen-bond acceptors (Lipinski definition) is 3. The SMILES string of the molecule is CCCCCCCCCCCCCCCC(=O)CC(=O)CCCCCCC[C@H](O)CCCCC. The van der Waals surface area contributed by atoms with Crippen LogP contribution in [0.5, 0.6) is 0 Å². The molecule has 0 fully saturated rings. The summed E-state index contributed by atoms with van der Waals surface area (Å²) in [5.74, 6) is 0.274. The molecule has 1 N–H and O–H groups in total. The lowest BCUT2D eigenvalue weighted by molar-refractivity contribution is -0.127. The second-order valence-corrected chi connectivity index (χ2v) is 10.7. The molecule has 0 aromatic rings. The molecule has 0 bridgehead atoms. The Morgan fingerprint density at radius 2 is 0.765 bits per heavy atom. The zero-order valence-electron chi connectivity index (χ0n) is 23.2. The molecule has 1 atom stereocenters. The molecule has 0 aliphatic carbocycles. The van der Waals surface area contributed by atoms with Gasteiger partial charge in [0.2, 0.25) is 0 Å². The first-order valence-corrected chi connectivity index (χ1v) is 15.3. The Hall–Kier alpha value is -0.700. The predicted molar refractivity (Wildman–Crippen MR) is 147 cm³/mol. The number of hydrogen-bond donors (Lipinski definition) is 1. The first-order chi connectivity index (χ1) is 16.6. The molecule has 0 saturated carbocycles. The van der Waals surface area contributed by atoms with Gasteiger partial charge in [0.25, 0.3) is 0 Å². The van der Waals surface area contributed by atoms with Crippen molar-refractivity contribution in [3.8, 4) is 0 Å². The van der Waals surface area contributed by atoms with Crippen molar-refractivity contribution in [1.29, 1.82) is 0 Å². The lowest BCUT2D eigenvalue weighted by Gasteiger charge is -2.09. The molecule has 0 heterocycles. The van der Waals surface area contributed by atoms with Crippen LogP contribution in [0.1, 0.15) is 181 Å². The monoisotopic (exact) mass is 480 g/mol. The maximum atomic E-state index is 12.0. The number of aliphatic hydroxyl groups excluding tert-OH is 1. The summed E-state index contributed by atoms with van der Waals surface area (Å²) in [7, 11) is 0. The van der Waals surface area contributed by atoms with Crippen molar-refractivity contribution in [2.75, 3.05) is 0 Å². The number of unbranched alkanes of at least 4 members (excludes halogenated alkanes) is 18. The summed E-state index contributed by atoms with van der Waals surface area (Å²) >= 11 is 0. The summed E-state index contributed by atoms with van der Waals surface area (Å²) in [6.07, 6.45) is 28.9. The first-order valence-electron chi connectivity index (χ1n) is 15.3. The van der Waals surface area contributed by atoms with Gasteiger partial charge < -0.3 is 5.11 Å². The third-order valence-corrected chi connectivity index (χ3v) is 7.09. The van der Waals surface area contributed by atoms with Crippen LogP contribution in [0.25, 0.3) is 0 Å². The highest BCUT2D eigenvalue weighted by molar-refractivity contribution is 5.98. The van der Waals surface area contributed by atoms with E-state index >= 15 is 0 Å². The van der Waals surface area contributed by atoms with Crippen molar-refractivity contribution in [1.82, 2.24) is 0 Å². The van der Waals surface area contributed by atoms with Crippen LogP contribution in [0.3, 0.4) is 0 Å². The molecule has 202 valence electrons. The van der Waals surface area contributed by atoms with Gasteiger partial charge in [0, 0.05) is 12.8 Å². The third-order valence-electron chi connectivity index (χ3n) is 7.09. The number of rotatable bonds is 28. The van der Waals surface area contributed by atoms with Crippen molar-refractivity contribution < 1.29 is 14.7 Å². The highest BCUT2D eigenvalue weighted by Crippen LogP contribution is 2.15. The highest BCUT2D eigenvalue weighted by atomic mass is 16.3. The van der Waals surface area contributed by atoms with Gasteiger partial charge in [-0.25, -0.2) is 0 Å². The second kappa shape index (κ2) is 26.9. The Morgan fingerprint density at radius 3 is 1.18 bits per heavy atom. The summed E-state index contributed by atoms with van der Waals surface area (Å²) in [4.78, 5) is 24.1. The summed E-state index contributed by atoms with van der Waals surface area (Å²) in [5, 5.41) is 9.93. The van der Waals surface area contributed by atoms with E-state index in [1.54, 1.807) is 0 Å². The highest BCUT2D eigenvalue weighted by Gasteiger charge is 2.09. The average molecular weight is 481 g/mol. The van der Waals surface area contributed by atoms with Gasteiger partial charge in [-0.05, 0) is 25.7 Å². The number of carbonyl (C=O) groups is 2. The molecule has 3 heteroatoms. The zero-order valence-corrected chi connectivity index (χ0v) is 23.2. The number of aliphatic hydroxyl groups is 1. The summed E-state index contributed by atoms with van der Waals surface area (Å²) in [6, 6.07) is 0. The van der Waals surface area contributed by atoms with Crippen LogP contribution in [-0.4, -0.2) is 22.8 Å². The van der Waals surface area contributed by atoms with Gasteiger partial charge in [-0.1, -0.05) is 136 Å². The molecular formula is C31H60O3. The minimum Gasteiger partial charge on any atom is -0.393 e. The molecule has 0 aromatic carbocycles. The molecule has 0 aliphatic heterocycles. The van der Waals surface area contributed by atoms with E-state index in [0.717, 1.165) is 64.2 Å². The Kier molecular flexibility index (Phi) is 26.3. The summed E-state index contributed by atoms with van der Waals surface area (Å²) in [6.45, 7) is 4.46. The van der Waals surface area contributed by atoms with Gasteiger partial charge in [0.1, 0.15) is 11.6 Å². The van der Waals surface area contributed by atoms with Crippen molar-refractivity contribution in [2.24, 2.45) is 0 Å². The molecule has 0 aliphatic rings. The molecule has 0 unspecified atom stereocenters. The maximum Gasteiger partial charge on any atom is 0.140 e. The standard InChI is InChI=1S/C31H60O3/c1-3-5-7-8-9-10-11-12-13-14-15-17-22-26-30(33)28-31(34)27-23-19-16-18-21-25-29(32)24-20-6-4-2/h29,32H,3-28H2,1-2H3/t29-/m1/s1. The van der Waals surface area contributed by atoms with Crippen LogP contribution in [0.2, 0.25) is 0 Å². The normalized spacial score (nSPS) is 12.2. The fourth-order valence-corrected chi connectivity index (χ4v) is 4.74. The lowest BCUT2D eigenvalue weighted by Crippen LogP contribution is -2.07. The van der Waals surface area contributed by atoms with Gasteiger partial charge in [-0.2, -0.15) is 0 Å². The molecule has 0 rings (SSSR count). The number of ketones is 2. The van der Waals surface area contributed by atoms with Crippen molar-refractivity contribution in [2.45, 2.75) is 187 Å². The smallest absolute Gasteiger partial charge is 0.140 e. The molecule has 0 spiro atoms. The molecule has 3 nitrogen and oxygen atoms in total. The van der Waals surface area contributed by atoms with Crippen molar-refractivity contribution in [3.05, 3.63) is 0 Å². The Morgan fingerprint density at radius 1 is 0.471 bits per heavy atom. The fourth-order valence-electron chi connectivity index (χ4n) is 4.74. The minimum absolute atomic E-state index is 0.131. The Balaban J connectivity index is 3.36. The molecule has 34 heavy (non-hydrogen) atoms. The van der Waals surface area contributed by atoms with Crippen LogP contribution in [0, 0.1) is 0 Å². The van der Waals surface area contributed by atoms with E-state index in [-0.39, 0.29) is 24.1 Å². The quantitative estimate of drug-likeness (QED) is 0.0895. The average Bonchev–Trinajstić information content (AvgIpc) is 2.81. The van der Waals surface area contributed by atoms with Gasteiger partial charge in [0.15, 0.2) is 0 Å². The summed E-state index contributed by atoms with van der Waals surface area (Å²) < 4.78 is 0. The van der Waals surface area contributed by atoms with Crippen LogP contribution in [0.15, 0.2) is 0 Å². The maximum absolute atomic E-state index is 12.0.